The standard InChI is InChI=1S/C16H16BrNO4/c1-21-8-9-22-13-5-3-12(4-6-13)18-16(20)14-10-11(17)2-7-15(14)19/h2-7,10,19H,8-9H2,1H3,(H,18,20). The molecule has 0 fully saturated rings. The van der Waals surface area contributed by atoms with Gasteiger partial charge in [0.15, 0.2) is 0 Å². The lowest BCUT2D eigenvalue weighted by atomic mass is 10.2. The van der Waals surface area contributed by atoms with E-state index in [4.69, 9.17) is 9.47 Å². The quantitative estimate of drug-likeness (QED) is 0.769. The maximum Gasteiger partial charge on any atom is 0.259 e. The van der Waals surface area contributed by atoms with Crippen LogP contribution in [0.1, 0.15) is 10.4 Å². The fourth-order valence-electron chi connectivity index (χ4n) is 1.77. The highest BCUT2D eigenvalue weighted by molar-refractivity contribution is 9.10. The number of ether oxygens (including phenoxy) is 2. The Morgan fingerprint density at radius 2 is 1.91 bits per heavy atom. The van der Waals surface area contributed by atoms with Crippen molar-refractivity contribution in [2.45, 2.75) is 0 Å². The number of aromatic hydroxyl groups is 1. The number of carbonyl (C=O) groups is 1. The minimum absolute atomic E-state index is 0.0692. The number of phenolic OH excluding ortho intramolecular Hbond substituents is 1. The van der Waals surface area contributed by atoms with E-state index in [2.05, 4.69) is 21.2 Å². The van der Waals surface area contributed by atoms with E-state index in [9.17, 15) is 9.90 Å². The zero-order chi connectivity index (χ0) is 15.9. The van der Waals surface area contributed by atoms with Gasteiger partial charge in [-0.1, -0.05) is 15.9 Å². The van der Waals surface area contributed by atoms with E-state index >= 15 is 0 Å². The lowest BCUT2D eigenvalue weighted by Crippen LogP contribution is -2.12. The predicted molar refractivity (Wildman–Crippen MR) is 87.6 cm³/mol. The van der Waals surface area contributed by atoms with Gasteiger partial charge in [0.1, 0.15) is 18.1 Å². The first kappa shape index (κ1) is 16.3. The molecule has 0 radical (unpaired) electrons. The highest BCUT2D eigenvalue weighted by Crippen LogP contribution is 2.23. The molecule has 0 aliphatic rings. The van der Waals surface area contributed by atoms with Gasteiger partial charge in [-0.25, -0.2) is 0 Å². The Balaban J connectivity index is 2.01. The molecule has 6 heteroatoms. The van der Waals surface area contributed by atoms with Crippen molar-refractivity contribution in [3.63, 3.8) is 0 Å². The van der Waals surface area contributed by atoms with Crippen LogP contribution in [-0.4, -0.2) is 31.3 Å². The largest absolute Gasteiger partial charge is 0.507 e. The van der Waals surface area contributed by atoms with Crippen LogP contribution in [0, 0.1) is 0 Å². The number of benzene rings is 2. The number of halogens is 1. The van der Waals surface area contributed by atoms with Gasteiger partial charge in [0.2, 0.25) is 0 Å². The van der Waals surface area contributed by atoms with E-state index in [1.807, 2.05) is 0 Å². The van der Waals surface area contributed by atoms with E-state index in [0.29, 0.717) is 24.7 Å². The SMILES string of the molecule is COCCOc1ccc(NC(=O)c2cc(Br)ccc2O)cc1. The molecule has 2 rings (SSSR count). The molecule has 5 nitrogen and oxygen atoms in total. The molecule has 1 amide bonds. The van der Waals surface area contributed by atoms with Crippen LogP contribution in [0.3, 0.4) is 0 Å². The number of hydrogen-bond donors (Lipinski definition) is 2. The van der Waals surface area contributed by atoms with Crippen LogP contribution >= 0.6 is 15.9 Å². The first-order valence-electron chi connectivity index (χ1n) is 6.62. The molecule has 0 heterocycles. The lowest BCUT2D eigenvalue weighted by Gasteiger charge is -2.09. The van der Waals surface area contributed by atoms with E-state index < -0.39 is 0 Å². The summed E-state index contributed by atoms with van der Waals surface area (Å²) in [5.74, 6) is 0.243. The zero-order valence-electron chi connectivity index (χ0n) is 12.0. The summed E-state index contributed by atoms with van der Waals surface area (Å²) in [5, 5.41) is 12.5. The van der Waals surface area contributed by atoms with Crippen LogP contribution in [0.4, 0.5) is 5.69 Å². The lowest BCUT2D eigenvalue weighted by molar-refractivity contribution is 0.102. The smallest absolute Gasteiger partial charge is 0.259 e. The minimum atomic E-state index is -0.383. The van der Waals surface area contributed by atoms with Crippen molar-refractivity contribution in [3.8, 4) is 11.5 Å². The second-order valence-electron chi connectivity index (χ2n) is 4.48. The molecule has 0 aliphatic heterocycles. The average Bonchev–Trinajstić information content (AvgIpc) is 2.51. The zero-order valence-corrected chi connectivity index (χ0v) is 13.6. The van der Waals surface area contributed by atoms with Crippen LogP contribution in [0.2, 0.25) is 0 Å². The van der Waals surface area contributed by atoms with Gasteiger partial charge in [-0.05, 0) is 42.5 Å². The second kappa shape index (κ2) is 7.82. The summed E-state index contributed by atoms with van der Waals surface area (Å²) in [7, 11) is 1.61. The third-order valence-corrected chi connectivity index (χ3v) is 3.36. The van der Waals surface area contributed by atoms with Crippen LogP contribution in [-0.2, 0) is 4.74 Å². The molecule has 0 saturated carbocycles. The van der Waals surface area contributed by atoms with Gasteiger partial charge in [0.25, 0.3) is 5.91 Å². The van der Waals surface area contributed by atoms with Crippen LogP contribution in [0.5, 0.6) is 11.5 Å². The Hall–Kier alpha value is -2.05. The maximum atomic E-state index is 12.1. The summed E-state index contributed by atoms with van der Waals surface area (Å²) >= 11 is 3.27. The fourth-order valence-corrected chi connectivity index (χ4v) is 2.13. The number of methoxy groups -OCH3 is 1. The number of rotatable bonds is 6. The molecule has 2 aromatic rings. The molecule has 0 spiro atoms. The molecule has 2 N–H and O–H groups in total. The van der Waals surface area contributed by atoms with Crippen molar-refractivity contribution in [1.82, 2.24) is 0 Å². The Labute approximate surface area is 137 Å². The Morgan fingerprint density at radius 3 is 2.59 bits per heavy atom. The summed E-state index contributed by atoms with van der Waals surface area (Å²) in [4.78, 5) is 12.1. The van der Waals surface area contributed by atoms with E-state index in [0.717, 1.165) is 4.47 Å². The van der Waals surface area contributed by atoms with Gasteiger partial charge in [0.05, 0.1) is 12.2 Å². The van der Waals surface area contributed by atoms with Crippen molar-refractivity contribution < 1.29 is 19.4 Å². The number of carbonyl (C=O) groups excluding carboxylic acids is 1. The van der Waals surface area contributed by atoms with Crippen molar-refractivity contribution >= 4 is 27.5 Å². The number of anilines is 1. The molecule has 22 heavy (non-hydrogen) atoms. The van der Waals surface area contributed by atoms with Gasteiger partial charge in [-0.3, -0.25) is 4.79 Å². The molecular weight excluding hydrogens is 350 g/mol. The van der Waals surface area contributed by atoms with Crippen LogP contribution in [0.15, 0.2) is 46.9 Å². The maximum absolute atomic E-state index is 12.1. The fraction of sp³-hybridized carbons (Fsp3) is 0.188. The van der Waals surface area contributed by atoms with Gasteiger partial charge in [0, 0.05) is 17.3 Å². The predicted octanol–water partition coefficient (Wildman–Crippen LogP) is 3.43. The summed E-state index contributed by atoms with van der Waals surface area (Å²) < 4.78 is 11.1. The van der Waals surface area contributed by atoms with Crippen LogP contribution in [0.25, 0.3) is 0 Å². The molecule has 0 aromatic heterocycles. The Kier molecular flexibility index (Phi) is 5.80. The van der Waals surface area contributed by atoms with Gasteiger partial charge < -0.3 is 19.9 Å². The highest BCUT2D eigenvalue weighted by Gasteiger charge is 2.11. The van der Waals surface area contributed by atoms with Gasteiger partial charge >= 0.3 is 0 Å². The number of phenols is 1. The summed E-state index contributed by atoms with van der Waals surface area (Å²) in [6.07, 6.45) is 0. The monoisotopic (exact) mass is 365 g/mol. The number of amides is 1. The number of nitrogens with one attached hydrogen (secondary N) is 1. The van der Waals surface area contributed by atoms with E-state index in [-0.39, 0.29) is 17.2 Å². The first-order chi connectivity index (χ1) is 10.6. The van der Waals surface area contributed by atoms with Gasteiger partial charge in [-0.15, -0.1) is 0 Å². The first-order valence-corrected chi connectivity index (χ1v) is 7.41. The van der Waals surface area contributed by atoms with Gasteiger partial charge in [-0.2, -0.15) is 0 Å². The summed E-state index contributed by atoms with van der Waals surface area (Å²) in [6, 6.07) is 11.7. The van der Waals surface area contributed by atoms with E-state index in [1.165, 1.54) is 6.07 Å². The Morgan fingerprint density at radius 1 is 1.18 bits per heavy atom. The molecule has 0 bridgehead atoms. The summed E-state index contributed by atoms with van der Waals surface area (Å²) in [6.45, 7) is 0.981. The average molecular weight is 366 g/mol. The minimum Gasteiger partial charge on any atom is -0.507 e. The van der Waals surface area contributed by atoms with E-state index in [1.54, 1.807) is 43.5 Å². The topological polar surface area (TPSA) is 67.8 Å². The third-order valence-electron chi connectivity index (χ3n) is 2.87. The molecule has 0 saturated heterocycles. The summed E-state index contributed by atoms with van der Waals surface area (Å²) in [5.41, 5.74) is 0.818. The number of hydrogen-bond acceptors (Lipinski definition) is 4. The third kappa shape index (κ3) is 4.47. The van der Waals surface area contributed by atoms with Crippen molar-refractivity contribution in [2.24, 2.45) is 0 Å². The van der Waals surface area contributed by atoms with Crippen molar-refractivity contribution in [3.05, 3.63) is 52.5 Å². The second-order valence-corrected chi connectivity index (χ2v) is 5.40. The molecular formula is C16H16BrNO4. The molecule has 2 aromatic carbocycles. The normalized spacial score (nSPS) is 10.3. The van der Waals surface area contributed by atoms with Crippen molar-refractivity contribution in [2.75, 3.05) is 25.6 Å². The molecule has 0 unspecified atom stereocenters. The Bertz CT molecular complexity index is 643. The van der Waals surface area contributed by atoms with Crippen LogP contribution < -0.4 is 10.1 Å². The molecule has 0 atom stereocenters. The van der Waals surface area contributed by atoms with Crippen molar-refractivity contribution in [1.29, 1.82) is 0 Å². The highest BCUT2D eigenvalue weighted by atomic mass is 79.9. The molecule has 116 valence electrons. The molecule has 0 aliphatic carbocycles.